The van der Waals surface area contributed by atoms with E-state index in [-0.39, 0.29) is 5.78 Å². The molecule has 0 aliphatic rings. The van der Waals surface area contributed by atoms with Crippen LogP contribution in [0.5, 0.6) is 5.75 Å². The Bertz CT molecular complexity index is 464. The van der Waals surface area contributed by atoms with Gasteiger partial charge in [0.1, 0.15) is 5.75 Å². The molecule has 0 bridgehead atoms. The zero-order valence-corrected chi connectivity index (χ0v) is 12.6. The fraction of sp³-hybridized carbons (Fsp3) is 0.353. The van der Waals surface area contributed by atoms with Gasteiger partial charge >= 0.3 is 0 Å². The predicted molar refractivity (Wildman–Crippen MR) is 83.4 cm³/mol. The van der Waals surface area contributed by atoms with Crippen LogP contribution in [-0.2, 0) is 0 Å². The van der Waals surface area contributed by atoms with E-state index >= 15 is 0 Å². The van der Waals surface area contributed by atoms with E-state index in [1.165, 1.54) is 0 Å². The SMILES string of the molecule is C=CCN(CC=C)C(C)(C)C(=O)c1ccc(OC)cc1. The van der Waals surface area contributed by atoms with Crippen LogP contribution in [0.25, 0.3) is 0 Å². The first kappa shape index (κ1) is 16.2. The van der Waals surface area contributed by atoms with Crippen LogP contribution in [0.1, 0.15) is 24.2 Å². The Kier molecular flexibility index (Phi) is 5.71. The van der Waals surface area contributed by atoms with E-state index in [2.05, 4.69) is 13.2 Å². The van der Waals surface area contributed by atoms with Gasteiger partial charge < -0.3 is 4.74 Å². The molecule has 0 aliphatic heterocycles. The van der Waals surface area contributed by atoms with Gasteiger partial charge in [0.2, 0.25) is 0 Å². The number of hydrogen-bond donors (Lipinski definition) is 0. The van der Waals surface area contributed by atoms with Crippen LogP contribution in [0.2, 0.25) is 0 Å². The molecule has 1 aromatic rings. The van der Waals surface area contributed by atoms with Gasteiger partial charge in [-0.2, -0.15) is 0 Å². The molecule has 1 rings (SSSR count). The van der Waals surface area contributed by atoms with Gasteiger partial charge in [-0.15, -0.1) is 13.2 Å². The van der Waals surface area contributed by atoms with Gasteiger partial charge in [0.15, 0.2) is 5.78 Å². The molecule has 0 radical (unpaired) electrons. The van der Waals surface area contributed by atoms with E-state index in [1.807, 2.05) is 18.7 Å². The molecule has 0 N–H and O–H groups in total. The van der Waals surface area contributed by atoms with Crippen molar-refractivity contribution in [1.82, 2.24) is 4.90 Å². The molecular formula is C17H23NO2. The summed E-state index contributed by atoms with van der Waals surface area (Å²) in [6, 6.07) is 7.19. The molecule has 0 saturated carbocycles. The van der Waals surface area contributed by atoms with Gasteiger partial charge in [-0.3, -0.25) is 9.69 Å². The van der Waals surface area contributed by atoms with Crippen molar-refractivity contribution in [3.8, 4) is 5.75 Å². The quantitative estimate of drug-likeness (QED) is 0.537. The highest BCUT2D eigenvalue weighted by Gasteiger charge is 2.33. The molecule has 0 aliphatic carbocycles. The second-order valence-corrected chi connectivity index (χ2v) is 5.10. The maximum Gasteiger partial charge on any atom is 0.182 e. The standard InChI is InChI=1S/C17H23NO2/c1-6-12-18(13-7-2)17(3,4)16(19)14-8-10-15(20-5)11-9-14/h6-11H,1-2,12-13H2,3-5H3. The Balaban J connectivity index is 3.00. The number of benzene rings is 1. The molecule has 0 unspecified atom stereocenters. The van der Waals surface area contributed by atoms with Crippen LogP contribution in [-0.4, -0.2) is 36.4 Å². The maximum atomic E-state index is 12.7. The largest absolute Gasteiger partial charge is 0.497 e. The number of rotatable bonds is 8. The van der Waals surface area contributed by atoms with Gasteiger partial charge in [-0.1, -0.05) is 12.2 Å². The van der Waals surface area contributed by atoms with Crippen LogP contribution in [0.15, 0.2) is 49.6 Å². The number of nitrogens with zero attached hydrogens (tertiary/aromatic N) is 1. The molecule has 108 valence electrons. The van der Waals surface area contributed by atoms with Crippen molar-refractivity contribution in [3.63, 3.8) is 0 Å². The first-order chi connectivity index (χ1) is 9.47. The summed E-state index contributed by atoms with van der Waals surface area (Å²) >= 11 is 0. The number of carbonyl (C=O) groups excluding carboxylic acids is 1. The first-order valence-corrected chi connectivity index (χ1v) is 6.63. The van der Waals surface area contributed by atoms with Gasteiger partial charge in [-0.05, 0) is 38.1 Å². The van der Waals surface area contributed by atoms with Crippen molar-refractivity contribution in [1.29, 1.82) is 0 Å². The second-order valence-electron chi connectivity index (χ2n) is 5.10. The number of methoxy groups -OCH3 is 1. The molecule has 0 aromatic heterocycles. The minimum Gasteiger partial charge on any atom is -0.497 e. The molecule has 0 atom stereocenters. The van der Waals surface area contributed by atoms with E-state index < -0.39 is 5.54 Å². The average molecular weight is 273 g/mol. The van der Waals surface area contributed by atoms with Gasteiger partial charge in [0, 0.05) is 18.7 Å². The molecule has 20 heavy (non-hydrogen) atoms. The lowest BCUT2D eigenvalue weighted by molar-refractivity contribution is 0.0700. The molecule has 3 nitrogen and oxygen atoms in total. The van der Waals surface area contributed by atoms with Crippen molar-refractivity contribution in [2.45, 2.75) is 19.4 Å². The fourth-order valence-corrected chi connectivity index (χ4v) is 2.08. The Labute approximate surface area is 121 Å². The first-order valence-electron chi connectivity index (χ1n) is 6.63. The fourth-order valence-electron chi connectivity index (χ4n) is 2.08. The summed E-state index contributed by atoms with van der Waals surface area (Å²) in [6.07, 6.45) is 3.60. The summed E-state index contributed by atoms with van der Waals surface area (Å²) in [5.74, 6) is 0.817. The van der Waals surface area contributed by atoms with Crippen molar-refractivity contribution in [2.75, 3.05) is 20.2 Å². The van der Waals surface area contributed by atoms with Crippen LogP contribution >= 0.6 is 0 Å². The van der Waals surface area contributed by atoms with Crippen molar-refractivity contribution < 1.29 is 9.53 Å². The molecule has 0 heterocycles. The number of ketones is 1. The van der Waals surface area contributed by atoms with E-state index in [1.54, 1.807) is 43.5 Å². The minimum atomic E-state index is -0.614. The summed E-state index contributed by atoms with van der Waals surface area (Å²) in [4.78, 5) is 14.7. The maximum absolute atomic E-state index is 12.7. The van der Waals surface area contributed by atoms with Gasteiger partial charge in [0.25, 0.3) is 0 Å². The molecule has 1 aromatic carbocycles. The van der Waals surface area contributed by atoms with Crippen LogP contribution in [0.4, 0.5) is 0 Å². The number of carbonyl (C=O) groups is 1. The summed E-state index contributed by atoms with van der Waals surface area (Å²) in [5.41, 5.74) is 0.0608. The number of hydrogen-bond acceptors (Lipinski definition) is 3. The zero-order valence-electron chi connectivity index (χ0n) is 12.6. The number of Topliss-reactive ketones (excluding diaryl/α,β-unsaturated/α-hetero) is 1. The monoisotopic (exact) mass is 273 g/mol. The summed E-state index contributed by atoms with van der Waals surface area (Å²) in [6.45, 7) is 12.6. The van der Waals surface area contributed by atoms with Gasteiger partial charge in [0.05, 0.1) is 12.6 Å². The highest BCUT2D eigenvalue weighted by molar-refractivity contribution is 6.02. The highest BCUT2D eigenvalue weighted by atomic mass is 16.5. The smallest absolute Gasteiger partial charge is 0.182 e. The third-order valence-corrected chi connectivity index (χ3v) is 3.40. The molecule has 0 fully saturated rings. The number of ether oxygens (including phenoxy) is 1. The normalized spacial score (nSPS) is 11.2. The molecule has 0 saturated heterocycles. The minimum absolute atomic E-state index is 0.0730. The lowest BCUT2D eigenvalue weighted by Gasteiger charge is -2.36. The van der Waals surface area contributed by atoms with E-state index in [4.69, 9.17) is 4.74 Å². The summed E-state index contributed by atoms with van der Waals surface area (Å²) < 4.78 is 5.11. The summed E-state index contributed by atoms with van der Waals surface area (Å²) in [7, 11) is 1.61. The Morgan fingerprint density at radius 2 is 1.70 bits per heavy atom. The van der Waals surface area contributed by atoms with Crippen molar-refractivity contribution in [2.24, 2.45) is 0 Å². The van der Waals surface area contributed by atoms with E-state index in [0.29, 0.717) is 18.7 Å². The lowest BCUT2D eigenvalue weighted by Crippen LogP contribution is -2.50. The molecule has 0 amide bonds. The highest BCUT2D eigenvalue weighted by Crippen LogP contribution is 2.22. The second kappa shape index (κ2) is 7.06. The summed E-state index contributed by atoms with van der Waals surface area (Å²) in [5, 5.41) is 0. The molecule has 0 spiro atoms. The topological polar surface area (TPSA) is 29.5 Å². The third-order valence-electron chi connectivity index (χ3n) is 3.40. The Morgan fingerprint density at radius 1 is 1.20 bits per heavy atom. The van der Waals surface area contributed by atoms with E-state index in [9.17, 15) is 4.79 Å². The van der Waals surface area contributed by atoms with Crippen LogP contribution < -0.4 is 4.74 Å². The van der Waals surface area contributed by atoms with Crippen LogP contribution in [0, 0.1) is 0 Å². The van der Waals surface area contributed by atoms with Crippen molar-refractivity contribution in [3.05, 3.63) is 55.1 Å². The Hall–Kier alpha value is -1.87. The third kappa shape index (κ3) is 3.58. The van der Waals surface area contributed by atoms with Crippen LogP contribution in [0.3, 0.4) is 0 Å². The lowest BCUT2D eigenvalue weighted by atomic mass is 9.91. The zero-order chi connectivity index (χ0) is 15.2. The average Bonchev–Trinajstić information content (AvgIpc) is 2.46. The van der Waals surface area contributed by atoms with Gasteiger partial charge in [-0.25, -0.2) is 0 Å². The molecule has 3 heteroatoms. The van der Waals surface area contributed by atoms with Crippen molar-refractivity contribution >= 4 is 5.78 Å². The Morgan fingerprint density at radius 3 is 2.10 bits per heavy atom. The molecular weight excluding hydrogens is 250 g/mol. The van der Waals surface area contributed by atoms with E-state index in [0.717, 1.165) is 5.75 Å². The predicted octanol–water partition coefficient (Wildman–Crippen LogP) is 3.33.